The number of epoxide rings is 1. The van der Waals surface area contributed by atoms with Gasteiger partial charge in [-0.2, -0.15) is 0 Å². The fraction of sp³-hybridized carbons (Fsp3) is 0.455. The van der Waals surface area contributed by atoms with E-state index < -0.39 is 0 Å². The molecule has 1 aromatic carbocycles. The van der Waals surface area contributed by atoms with Crippen molar-refractivity contribution in [2.24, 2.45) is 0 Å². The van der Waals surface area contributed by atoms with E-state index in [1.807, 2.05) is 0 Å². The Hall–Kier alpha value is -0.860. The van der Waals surface area contributed by atoms with Gasteiger partial charge in [-0.1, -0.05) is 24.3 Å². The Bertz CT molecular complexity index is 279. The highest BCUT2D eigenvalue weighted by Crippen LogP contribution is 2.17. The molecule has 70 valence electrons. The molecule has 2 nitrogen and oxygen atoms in total. The van der Waals surface area contributed by atoms with E-state index in [1.54, 1.807) is 7.11 Å². The summed E-state index contributed by atoms with van der Waals surface area (Å²) in [6, 6.07) is 8.48. The van der Waals surface area contributed by atoms with Crippen LogP contribution in [-0.2, 0) is 22.5 Å². The molecule has 1 aliphatic heterocycles. The number of rotatable bonds is 4. The minimum absolute atomic E-state index is 0.470. The average Bonchev–Trinajstić information content (AvgIpc) is 2.90. The lowest BCUT2D eigenvalue weighted by Crippen LogP contribution is -1.95. The topological polar surface area (TPSA) is 21.8 Å². The van der Waals surface area contributed by atoms with Crippen LogP contribution in [0.3, 0.4) is 0 Å². The molecule has 0 aromatic heterocycles. The molecule has 0 aliphatic carbocycles. The Morgan fingerprint density at radius 3 is 2.92 bits per heavy atom. The Balaban J connectivity index is 2.02. The molecule has 2 rings (SSSR count). The predicted octanol–water partition coefficient (Wildman–Crippen LogP) is 1.77. The SMILES string of the molecule is COCc1cccc(CC2CO2)c1. The molecule has 0 bridgehead atoms. The summed E-state index contributed by atoms with van der Waals surface area (Å²) in [5, 5.41) is 0. The van der Waals surface area contributed by atoms with Crippen LogP contribution in [0, 0.1) is 0 Å². The second-order valence-electron chi connectivity index (χ2n) is 3.41. The van der Waals surface area contributed by atoms with Gasteiger partial charge in [0.2, 0.25) is 0 Å². The Morgan fingerprint density at radius 2 is 2.23 bits per heavy atom. The molecular formula is C11H14O2. The van der Waals surface area contributed by atoms with Gasteiger partial charge in [-0.3, -0.25) is 0 Å². The summed E-state index contributed by atoms with van der Waals surface area (Å²) in [6.45, 7) is 1.62. The van der Waals surface area contributed by atoms with E-state index in [-0.39, 0.29) is 0 Å². The van der Waals surface area contributed by atoms with E-state index in [4.69, 9.17) is 9.47 Å². The van der Waals surface area contributed by atoms with Crippen molar-refractivity contribution in [3.05, 3.63) is 35.4 Å². The highest BCUT2D eigenvalue weighted by atomic mass is 16.6. The lowest BCUT2D eigenvalue weighted by Gasteiger charge is -2.02. The summed E-state index contributed by atoms with van der Waals surface area (Å²) in [4.78, 5) is 0. The Morgan fingerprint density at radius 1 is 1.46 bits per heavy atom. The van der Waals surface area contributed by atoms with E-state index in [0.29, 0.717) is 12.7 Å². The largest absolute Gasteiger partial charge is 0.380 e. The fourth-order valence-electron chi connectivity index (χ4n) is 1.46. The number of methoxy groups -OCH3 is 1. The van der Waals surface area contributed by atoms with E-state index in [9.17, 15) is 0 Å². The number of hydrogen-bond donors (Lipinski definition) is 0. The van der Waals surface area contributed by atoms with Gasteiger partial charge in [-0.05, 0) is 11.1 Å². The third kappa shape index (κ3) is 2.54. The van der Waals surface area contributed by atoms with Gasteiger partial charge in [-0.25, -0.2) is 0 Å². The van der Waals surface area contributed by atoms with Gasteiger partial charge >= 0.3 is 0 Å². The minimum atomic E-state index is 0.470. The monoisotopic (exact) mass is 178 g/mol. The minimum Gasteiger partial charge on any atom is -0.380 e. The normalized spacial score (nSPS) is 20.2. The molecule has 0 saturated carbocycles. The summed E-state index contributed by atoms with van der Waals surface area (Å²) in [5.74, 6) is 0. The summed E-state index contributed by atoms with van der Waals surface area (Å²) in [5.41, 5.74) is 2.58. The van der Waals surface area contributed by atoms with Crippen LogP contribution in [0.5, 0.6) is 0 Å². The first-order chi connectivity index (χ1) is 6.38. The standard InChI is InChI=1S/C11H14O2/c1-12-7-10-4-2-3-9(5-10)6-11-8-13-11/h2-5,11H,6-8H2,1H3. The molecule has 0 radical (unpaired) electrons. The molecule has 1 fully saturated rings. The summed E-state index contributed by atoms with van der Waals surface area (Å²) in [6.07, 6.45) is 1.51. The number of benzene rings is 1. The van der Waals surface area contributed by atoms with Gasteiger partial charge in [0.1, 0.15) is 0 Å². The summed E-state index contributed by atoms with van der Waals surface area (Å²) < 4.78 is 10.3. The highest BCUT2D eigenvalue weighted by Gasteiger charge is 2.22. The molecule has 1 atom stereocenters. The predicted molar refractivity (Wildman–Crippen MR) is 50.6 cm³/mol. The summed E-state index contributed by atoms with van der Waals surface area (Å²) in [7, 11) is 1.72. The van der Waals surface area contributed by atoms with E-state index >= 15 is 0 Å². The maximum absolute atomic E-state index is 5.18. The Kier molecular flexibility index (Phi) is 2.62. The maximum Gasteiger partial charge on any atom is 0.0850 e. The van der Waals surface area contributed by atoms with Crippen molar-refractivity contribution in [1.29, 1.82) is 0 Å². The molecule has 1 aliphatic rings. The van der Waals surface area contributed by atoms with Crippen molar-refractivity contribution in [3.63, 3.8) is 0 Å². The molecule has 1 heterocycles. The van der Waals surface area contributed by atoms with Crippen molar-refractivity contribution in [1.82, 2.24) is 0 Å². The molecule has 1 aromatic rings. The summed E-state index contributed by atoms with van der Waals surface area (Å²) >= 11 is 0. The van der Waals surface area contributed by atoms with Crippen LogP contribution in [0.15, 0.2) is 24.3 Å². The van der Waals surface area contributed by atoms with Crippen LogP contribution in [0.2, 0.25) is 0 Å². The van der Waals surface area contributed by atoms with Crippen LogP contribution in [0.25, 0.3) is 0 Å². The van der Waals surface area contributed by atoms with Gasteiger partial charge in [-0.15, -0.1) is 0 Å². The molecule has 1 unspecified atom stereocenters. The van der Waals surface area contributed by atoms with Crippen molar-refractivity contribution >= 4 is 0 Å². The van der Waals surface area contributed by atoms with Crippen LogP contribution in [-0.4, -0.2) is 19.8 Å². The zero-order valence-electron chi connectivity index (χ0n) is 7.82. The molecule has 2 heteroatoms. The van der Waals surface area contributed by atoms with E-state index in [2.05, 4.69) is 24.3 Å². The molecule has 0 spiro atoms. The lowest BCUT2D eigenvalue weighted by molar-refractivity contribution is 0.185. The van der Waals surface area contributed by atoms with Gasteiger partial charge < -0.3 is 9.47 Å². The van der Waals surface area contributed by atoms with Crippen LogP contribution < -0.4 is 0 Å². The molecule has 13 heavy (non-hydrogen) atoms. The van der Waals surface area contributed by atoms with Gasteiger partial charge in [0.05, 0.1) is 19.3 Å². The zero-order chi connectivity index (χ0) is 9.10. The van der Waals surface area contributed by atoms with E-state index in [1.165, 1.54) is 11.1 Å². The third-order valence-electron chi connectivity index (χ3n) is 2.17. The quantitative estimate of drug-likeness (QED) is 0.655. The second kappa shape index (κ2) is 3.90. The molecule has 0 amide bonds. The van der Waals surface area contributed by atoms with Gasteiger partial charge in [0.25, 0.3) is 0 Å². The number of ether oxygens (including phenoxy) is 2. The van der Waals surface area contributed by atoms with Crippen molar-refractivity contribution in [2.45, 2.75) is 19.1 Å². The second-order valence-corrected chi connectivity index (χ2v) is 3.41. The van der Waals surface area contributed by atoms with Crippen molar-refractivity contribution in [2.75, 3.05) is 13.7 Å². The Labute approximate surface area is 78.5 Å². The number of hydrogen-bond acceptors (Lipinski definition) is 2. The first-order valence-corrected chi connectivity index (χ1v) is 4.57. The van der Waals surface area contributed by atoms with Crippen molar-refractivity contribution in [3.8, 4) is 0 Å². The zero-order valence-corrected chi connectivity index (χ0v) is 7.82. The van der Waals surface area contributed by atoms with Crippen LogP contribution in [0.1, 0.15) is 11.1 Å². The molecule has 1 saturated heterocycles. The van der Waals surface area contributed by atoms with Gasteiger partial charge in [0.15, 0.2) is 0 Å². The fourth-order valence-corrected chi connectivity index (χ4v) is 1.46. The van der Waals surface area contributed by atoms with E-state index in [0.717, 1.165) is 13.0 Å². The first kappa shape index (κ1) is 8.73. The lowest BCUT2D eigenvalue weighted by atomic mass is 10.1. The van der Waals surface area contributed by atoms with Crippen LogP contribution in [0.4, 0.5) is 0 Å². The van der Waals surface area contributed by atoms with Crippen molar-refractivity contribution < 1.29 is 9.47 Å². The smallest absolute Gasteiger partial charge is 0.0850 e. The average molecular weight is 178 g/mol. The molecule has 0 N–H and O–H groups in total. The van der Waals surface area contributed by atoms with Gasteiger partial charge in [0, 0.05) is 13.5 Å². The molecular weight excluding hydrogens is 164 g/mol. The highest BCUT2D eigenvalue weighted by molar-refractivity contribution is 5.24. The third-order valence-corrected chi connectivity index (χ3v) is 2.17. The van der Waals surface area contributed by atoms with Crippen LogP contribution >= 0.6 is 0 Å². The first-order valence-electron chi connectivity index (χ1n) is 4.57. The maximum atomic E-state index is 5.18.